The lowest BCUT2D eigenvalue weighted by atomic mass is 10.1. The molecule has 0 aromatic carbocycles. The highest BCUT2D eigenvalue weighted by atomic mass is 32.1. The van der Waals surface area contributed by atoms with E-state index in [-0.39, 0.29) is 39.7 Å². The normalized spacial score (nSPS) is 15.8. The number of nitrogens with one attached hydrogen (secondary N) is 3. The largest absolute Gasteiger partial charge is 0.492 e. The van der Waals surface area contributed by atoms with Crippen LogP contribution in [0.15, 0.2) is 18.5 Å². The lowest BCUT2D eigenvalue weighted by molar-refractivity contribution is -0.132. The van der Waals surface area contributed by atoms with Gasteiger partial charge in [-0.05, 0) is 24.0 Å². The smallest absolute Gasteiger partial charge is 0.309 e. The average Bonchev–Trinajstić information content (AvgIpc) is 3.42. The number of fused-ring (bicyclic) bond motifs is 1. The number of aromatic hydroxyl groups is 2. The molecule has 1 aliphatic rings. The number of esters is 1. The van der Waals surface area contributed by atoms with E-state index < -0.39 is 42.4 Å². The van der Waals surface area contributed by atoms with Crippen molar-refractivity contribution in [2.75, 3.05) is 23.4 Å². The molecule has 0 radical (unpaired) electrons. The number of amidine groups is 1. The molecule has 16 heteroatoms. The highest BCUT2D eigenvalue weighted by Gasteiger charge is 2.33. The van der Waals surface area contributed by atoms with E-state index in [0.717, 1.165) is 23.3 Å². The molecule has 39 heavy (non-hydrogen) atoms. The Balaban J connectivity index is 1.52. The van der Waals surface area contributed by atoms with Crippen LogP contribution in [0.1, 0.15) is 48.3 Å². The number of aromatic nitrogens is 4. The summed E-state index contributed by atoms with van der Waals surface area (Å²) >= 11 is 0.781. The van der Waals surface area contributed by atoms with E-state index in [1.807, 2.05) is 6.92 Å². The Bertz CT molecular complexity index is 1430. The predicted molar refractivity (Wildman–Crippen MR) is 139 cm³/mol. The number of ether oxygens (including phenoxy) is 1. The van der Waals surface area contributed by atoms with Gasteiger partial charge in [-0.3, -0.25) is 15.0 Å². The summed E-state index contributed by atoms with van der Waals surface area (Å²) in [6.45, 7) is 4.50. The van der Waals surface area contributed by atoms with Crippen LogP contribution in [0.3, 0.4) is 0 Å². The van der Waals surface area contributed by atoms with Crippen LogP contribution in [0.5, 0.6) is 17.6 Å². The fourth-order valence-electron chi connectivity index (χ4n) is 3.89. The summed E-state index contributed by atoms with van der Waals surface area (Å²) in [5.74, 6) is -2.53. The third kappa shape index (κ3) is 5.71. The van der Waals surface area contributed by atoms with E-state index in [9.17, 15) is 24.9 Å². The second-order valence-corrected chi connectivity index (χ2v) is 9.59. The first kappa shape index (κ1) is 27.6. The zero-order chi connectivity index (χ0) is 28.4. The van der Waals surface area contributed by atoms with Gasteiger partial charge >= 0.3 is 5.97 Å². The minimum Gasteiger partial charge on any atom is -0.492 e. The first-order chi connectivity index (χ1) is 18.5. The number of aliphatic hydroxyl groups excluding tert-OH is 2. The minimum absolute atomic E-state index is 0.0541. The molecule has 4 heterocycles. The van der Waals surface area contributed by atoms with Crippen molar-refractivity contribution in [3.05, 3.63) is 35.3 Å². The minimum atomic E-state index is -1.15. The molecule has 0 spiro atoms. The lowest BCUT2D eigenvalue weighted by Crippen LogP contribution is -2.42. The van der Waals surface area contributed by atoms with Gasteiger partial charge in [0, 0.05) is 25.5 Å². The number of nitrogens with zero attached hydrogens (tertiary/aromatic N) is 5. The number of aliphatic hydroxyl groups is 2. The molecule has 3 unspecified atom stereocenters. The topological polar surface area (TPSA) is 227 Å². The molecule has 15 nitrogen and oxygen atoms in total. The summed E-state index contributed by atoms with van der Waals surface area (Å²) in [7, 11) is 0. The van der Waals surface area contributed by atoms with E-state index in [2.05, 4.69) is 30.0 Å². The molecule has 4 rings (SSSR count). The second-order valence-electron chi connectivity index (χ2n) is 8.81. The van der Waals surface area contributed by atoms with Crippen LogP contribution >= 0.6 is 11.5 Å². The van der Waals surface area contributed by atoms with E-state index >= 15 is 0 Å². The van der Waals surface area contributed by atoms with Gasteiger partial charge in [0.05, 0.1) is 36.8 Å². The third-order valence-electron chi connectivity index (χ3n) is 5.93. The third-order valence-corrected chi connectivity index (χ3v) is 6.68. The summed E-state index contributed by atoms with van der Waals surface area (Å²) in [4.78, 5) is 38.1. The van der Waals surface area contributed by atoms with Gasteiger partial charge in [0.25, 0.3) is 11.8 Å². The van der Waals surface area contributed by atoms with Crippen LogP contribution in [0.25, 0.3) is 0 Å². The number of carbonyl (C=O) groups excluding carboxylic acids is 2. The number of hydrogen-bond donors (Lipinski definition) is 7. The first-order valence-electron chi connectivity index (χ1n) is 11.7. The van der Waals surface area contributed by atoms with E-state index in [4.69, 9.17) is 15.3 Å². The van der Waals surface area contributed by atoms with Gasteiger partial charge in [0.2, 0.25) is 11.8 Å². The standard InChI is InChI=1S/C23H26N8O7S/c1-9-7-31(14-6-25-16(4-12(9)14)38-11(3)33)23(37)13-5-26-19(21(36)28-13)29-22-17(20(35)30-39-22)18(24)27-10(2)15(34)8-32/h4-6,9-10,15,32,34H,7-8H2,1-3H3,(H2,24,27)(H,26,29)(H,28,36)(H,30,35). The molecule has 0 fully saturated rings. The van der Waals surface area contributed by atoms with Gasteiger partial charge in [-0.25, -0.2) is 15.0 Å². The van der Waals surface area contributed by atoms with Crippen molar-refractivity contribution in [3.8, 4) is 17.6 Å². The highest BCUT2D eigenvalue weighted by molar-refractivity contribution is 7.11. The maximum absolute atomic E-state index is 13.2. The Morgan fingerprint density at radius 3 is 2.69 bits per heavy atom. The monoisotopic (exact) mass is 558 g/mol. The Morgan fingerprint density at radius 2 is 2.03 bits per heavy atom. The fourth-order valence-corrected chi connectivity index (χ4v) is 4.59. The summed E-state index contributed by atoms with van der Waals surface area (Å²) in [5.41, 5.74) is 1.08. The van der Waals surface area contributed by atoms with Crippen LogP contribution in [0, 0.1) is 5.41 Å². The van der Waals surface area contributed by atoms with Crippen LogP contribution in [-0.4, -0.2) is 82.8 Å². The SMILES string of the molecule is CC(=O)Oc1cc2c(cn1)N(C(=O)c1cnc(Nc3snc(O)c3C(=N)NC(C)C(O)CO)c(O)n1)CC2C. The van der Waals surface area contributed by atoms with Gasteiger partial charge in [-0.1, -0.05) is 6.92 Å². The second kappa shape index (κ2) is 11.1. The van der Waals surface area contributed by atoms with Crippen molar-refractivity contribution >= 4 is 45.8 Å². The van der Waals surface area contributed by atoms with Gasteiger partial charge in [-0.15, -0.1) is 0 Å². The molecule has 0 bridgehead atoms. The molecule has 0 aliphatic carbocycles. The van der Waals surface area contributed by atoms with Crippen molar-refractivity contribution in [3.63, 3.8) is 0 Å². The summed E-state index contributed by atoms with van der Waals surface area (Å²) < 4.78 is 8.83. The van der Waals surface area contributed by atoms with E-state index in [0.29, 0.717) is 12.2 Å². The Kier molecular flexibility index (Phi) is 7.89. The van der Waals surface area contributed by atoms with Gasteiger partial charge < -0.3 is 40.7 Å². The number of pyridine rings is 1. The molecule has 0 saturated carbocycles. The van der Waals surface area contributed by atoms with Crippen molar-refractivity contribution in [1.82, 2.24) is 24.6 Å². The molecule has 3 aromatic heterocycles. The number of anilines is 3. The van der Waals surface area contributed by atoms with Crippen LogP contribution in [-0.2, 0) is 4.79 Å². The summed E-state index contributed by atoms with van der Waals surface area (Å²) in [5, 5.41) is 53.3. The number of carbonyl (C=O) groups is 2. The quantitative estimate of drug-likeness (QED) is 0.116. The Morgan fingerprint density at radius 1 is 1.28 bits per heavy atom. The number of hydrogen-bond acceptors (Lipinski definition) is 14. The van der Waals surface area contributed by atoms with Gasteiger partial charge in [0.15, 0.2) is 11.5 Å². The van der Waals surface area contributed by atoms with Crippen molar-refractivity contribution in [2.24, 2.45) is 0 Å². The van der Waals surface area contributed by atoms with Crippen LogP contribution < -0.4 is 20.3 Å². The maximum Gasteiger partial charge on any atom is 0.309 e. The lowest BCUT2D eigenvalue weighted by Gasteiger charge is -2.20. The zero-order valence-electron chi connectivity index (χ0n) is 21.0. The molecule has 3 atom stereocenters. The molecular weight excluding hydrogens is 532 g/mol. The number of rotatable bonds is 8. The van der Waals surface area contributed by atoms with Crippen LogP contribution in [0.2, 0.25) is 0 Å². The predicted octanol–water partition coefficient (Wildman–Crippen LogP) is 0.829. The fraction of sp³-hybridized carbons (Fsp3) is 0.348. The number of amides is 1. The summed E-state index contributed by atoms with van der Waals surface area (Å²) in [6.07, 6.45) is 1.45. The van der Waals surface area contributed by atoms with Crippen molar-refractivity contribution in [2.45, 2.75) is 38.8 Å². The zero-order valence-corrected chi connectivity index (χ0v) is 21.9. The summed E-state index contributed by atoms with van der Waals surface area (Å²) in [6, 6.07) is 0.889. The van der Waals surface area contributed by atoms with Crippen LogP contribution in [0.4, 0.5) is 16.5 Å². The van der Waals surface area contributed by atoms with Crippen molar-refractivity contribution in [1.29, 1.82) is 5.41 Å². The molecule has 1 aliphatic heterocycles. The maximum atomic E-state index is 13.2. The van der Waals surface area contributed by atoms with Crippen molar-refractivity contribution < 1.29 is 34.8 Å². The molecule has 1 amide bonds. The molecule has 206 valence electrons. The Labute approximate surface area is 225 Å². The first-order valence-corrected chi connectivity index (χ1v) is 12.4. The highest BCUT2D eigenvalue weighted by Crippen LogP contribution is 2.38. The Hall–Kier alpha value is -4.41. The molecule has 7 N–H and O–H groups in total. The molecule has 3 aromatic rings. The molecule has 0 saturated heterocycles. The molecular formula is C23H26N8O7S. The average molecular weight is 559 g/mol. The van der Waals surface area contributed by atoms with E-state index in [1.54, 1.807) is 13.0 Å². The van der Waals surface area contributed by atoms with Gasteiger partial charge in [0.1, 0.15) is 16.4 Å². The van der Waals surface area contributed by atoms with Gasteiger partial charge in [-0.2, -0.15) is 4.37 Å². The van der Waals surface area contributed by atoms with E-state index in [1.165, 1.54) is 18.0 Å².